The molecule has 1 aliphatic carbocycles. The Hall–Kier alpha value is -3.56. The maximum absolute atomic E-state index is 12.6. The van der Waals surface area contributed by atoms with E-state index in [1.54, 1.807) is 24.5 Å². The molecular weight excluding hydrogens is 500 g/mol. The molecule has 8 nitrogen and oxygen atoms in total. The van der Waals surface area contributed by atoms with Crippen LogP contribution in [0.3, 0.4) is 0 Å². The highest BCUT2D eigenvalue weighted by Gasteiger charge is 2.21. The third-order valence-electron chi connectivity index (χ3n) is 6.54. The number of amides is 2. The second kappa shape index (κ2) is 14.4. The van der Waals surface area contributed by atoms with Crippen LogP contribution in [0.2, 0.25) is 0 Å². The van der Waals surface area contributed by atoms with Crippen LogP contribution in [0.1, 0.15) is 62.6 Å². The number of sulfonamides is 1. The molecule has 1 atom stereocenters. The van der Waals surface area contributed by atoms with Gasteiger partial charge in [-0.3, -0.25) is 14.6 Å². The van der Waals surface area contributed by atoms with E-state index in [-0.39, 0.29) is 18.0 Å². The predicted octanol–water partition coefficient (Wildman–Crippen LogP) is 4.27. The van der Waals surface area contributed by atoms with Gasteiger partial charge in [0.15, 0.2) is 0 Å². The van der Waals surface area contributed by atoms with Gasteiger partial charge in [-0.05, 0) is 66.6 Å². The van der Waals surface area contributed by atoms with Crippen LogP contribution < -0.4 is 15.8 Å². The molecule has 202 valence electrons. The molecule has 0 radical (unpaired) electrons. The van der Waals surface area contributed by atoms with E-state index in [4.69, 9.17) is 5.73 Å². The molecular formula is C29H36N4O4S. The molecule has 0 saturated heterocycles. The van der Waals surface area contributed by atoms with Crippen LogP contribution in [0.5, 0.6) is 0 Å². The van der Waals surface area contributed by atoms with Crippen molar-refractivity contribution in [3.63, 3.8) is 0 Å². The number of benzene rings is 2. The molecule has 2 aromatic carbocycles. The maximum Gasteiger partial charge on any atom is 0.240 e. The zero-order chi connectivity index (χ0) is 27.4. The lowest BCUT2D eigenvalue weighted by atomic mass is 9.96. The Morgan fingerprint density at radius 1 is 1.03 bits per heavy atom. The van der Waals surface area contributed by atoms with Crippen molar-refractivity contribution in [1.29, 1.82) is 0 Å². The van der Waals surface area contributed by atoms with Crippen LogP contribution in [0.15, 0.2) is 78.0 Å². The Morgan fingerprint density at radius 2 is 1.66 bits per heavy atom. The molecule has 1 fully saturated rings. The molecule has 1 heterocycles. The van der Waals surface area contributed by atoms with Crippen molar-refractivity contribution in [2.45, 2.75) is 68.8 Å². The van der Waals surface area contributed by atoms with Gasteiger partial charge in [0.1, 0.15) is 0 Å². The number of carbonyl (C=O) groups is 2. The third kappa shape index (κ3) is 9.08. The molecule has 0 unspecified atom stereocenters. The molecule has 1 saturated carbocycles. The molecule has 4 N–H and O–H groups in total. The molecule has 0 bridgehead atoms. The molecule has 4 rings (SSSR count). The minimum absolute atomic E-state index is 0.0428. The van der Waals surface area contributed by atoms with Gasteiger partial charge in [-0.15, -0.1) is 0 Å². The first-order valence-electron chi connectivity index (χ1n) is 12.9. The highest BCUT2D eigenvalue weighted by atomic mass is 32.2. The van der Waals surface area contributed by atoms with Gasteiger partial charge in [-0.1, -0.05) is 61.7 Å². The third-order valence-corrected chi connectivity index (χ3v) is 8.08. The molecule has 38 heavy (non-hydrogen) atoms. The van der Waals surface area contributed by atoms with E-state index >= 15 is 0 Å². The van der Waals surface area contributed by atoms with Gasteiger partial charge in [-0.25, -0.2) is 13.1 Å². The van der Waals surface area contributed by atoms with Crippen LogP contribution in [0, 0.1) is 0 Å². The van der Waals surface area contributed by atoms with E-state index in [2.05, 4.69) is 15.0 Å². The van der Waals surface area contributed by atoms with Gasteiger partial charge in [0.05, 0.1) is 10.9 Å². The van der Waals surface area contributed by atoms with Gasteiger partial charge in [0, 0.05) is 24.9 Å². The van der Waals surface area contributed by atoms with Crippen LogP contribution in [0.4, 0.5) is 0 Å². The Bertz CT molecular complexity index is 1260. The summed E-state index contributed by atoms with van der Waals surface area (Å²) in [4.78, 5) is 25.2. The number of nitrogens with zero attached hydrogens (tertiary/aromatic N) is 1. The first-order chi connectivity index (χ1) is 18.3. The highest BCUT2D eigenvalue weighted by molar-refractivity contribution is 7.89. The summed E-state index contributed by atoms with van der Waals surface area (Å²) >= 11 is 0. The molecule has 9 heteroatoms. The van der Waals surface area contributed by atoms with E-state index in [1.165, 1.54) is 6.42 Å². The number of hydrogen-bond acceptors (Lipinski definition) is 5. The summed E-state index contributed by atoms with van der Waals surface area (Å²) in [6, 6.07) is 18.7. The van der Waals surface area contributed by atoms with E-state index in [0.717, 1.165) is 47.9 Å². The molecule has 1 aromatic heterocycles. The summed E-state index contributed by atoms with van der Waals surface area (Å²) in [6.07, 6.45) is 10.3. The number of nitrogens with one attached hydrogen (secondary N) is 2. The zero-order valence-electron chi connectivity index (χ0n) is 21.7. The lowest BCUT2D eigenvalue weighted by molar-refractivity contribution is -0.118. The highest BCUT2D eigenvalue weighted by Crippen LogP contribution is 2.24. The number of aryl methyl sites for hydroxylation is 1. The summed E-state index contributed by atoms with van der Waals surface area (Å²) in [7, 11) is -3.47. The lowest BCUT2D eigenvalue weighted by Gasteiger charge is -2.22. The number of primary amides is 1. The molecule has 2 amide bonds. The second-order valence-electron chi connectivity index (χ2n) is 9.44. The van der Waals surface area contributed by atoms with Gasteiger partial charge in [0.25, 0.3) is 0 Å². The fourth-order valence-corrected chi connectivity index (χ4v) is 5.60. The normalized spacial score (nSPS) is 14.6. The molecule has 1 aliphatic rings. The molecule has 3 aromatic rings. The van der Waals surface area contributed by atoms with Gasteiger partial charge in [0.2, 0.25) is 22.3 Å². The van der Waals surface area contributed by atoms with E-state index in [0.29, 0.717) is 24.1 Å². The lowest BCUT2D eigenvalue weighted by Crippen LogP contribution is -2.36. The first-order valence-corrected chi connectivity index (χ1v) is 14.4. The number of carbonyl (C=O) groups excluding carboxylic acids is 2. The van der Waals surface area contributed by atoms with E-state index in [9.17, 15) is 18.0 Å². The smallest absolute Gasteiger partial charge is 0.240 e. The largest absolute Gasteiger partial charge is 0.370 e. The SMILES string of the molecule is C[C@@H](NC=O)c1cccnc1.NC(=O)CCc1ccc(-c2ccc(S(=O)(=O)NC3CCCCC3)cc2)cc1. The minimum atomic E-state index is -3.47. The summed E-state index contributed by atoms with van der Waals surface area (Å²) in [6.45, 7) is 1.91. The van der Waals surface area contributed by atoms with Crippen molar-refractivity contribution in [2.75, 3.05) is 0 Å². The second-order valence-corrected chi connectivity index (χ2v) is 11.2. The fraction of sp³-hybridized carbons (Fsp3) is 0.345. The number of nitrogens with two attached hydrogens (primary N) is 1. The summed E-state index contributed by atoms with van der Waals surface area (Å²) in [5.41, 5.74) is 9.19. The number of pyridine rings is 1. The zero-order valence-corrected chi connectivity index (χ0v) is 22.5. The average Bonchev–Trinajstić information content (AvgIpc) is 2.93. The minimum Gasteiger partial charge on any atom is -0.370 e. The van der Waals surface area contributed by atoms with Crippen molar-refractivity contribution >= 4 is 22.3 Å². The van der Waals surface area contributed by atoms with Crippen molar-refractivity contribution < 1.29 is 18.0 Å². The van der Waals surface area contributed by atoms with Crippen molar-refractivity contribution in [1.82, 2.24) is 15.0 Å². The Balaban J connectivity index is 0.000000304. The van der Waals surface area contributed by atoms with Gasteiger partial charge >= 0.3 is 0 Å². The number of rotatable bonds is 10. The van der Waals surface area contributed by atoms with Crippen LogP contribution in [-0.4, -0.2) is 31.8 Å². The van der Waals surface area contributed by atoms with E-state index in [1.807, 2.05) is 55.5 Å². The van der Waals surface area contributed by atoms with Crippen LogP contribution in [-0.2, 0) is 26.0 Å². The molecule has 0 spiro atoms. The predicted molar refractivity (Wildman–Crippen MR) is 148 cm³/mol. The first kappa shape index (κ1) is 29.0. The summed E-state index contributed by atoms with van der Waals surface area (Å²) < 4.78 is 28.0. The van der Waals surface area contributed by atoms with Crippen LogP contribution >= 0.6 is 0 Å². The Kier molecular flexibility index (Phi) is 11.0. The fourth-order valence-electron chi connectivity index (χ4n) is 4.30. The summed E-state index contributed by atoms with van der Waals surface area (Å²) in [5.74, 6) is -0.308. The Labute approximate surface area is 225 Å². The van der Waals surface area contributed by atoms with Crippen LogP contribution in [0.25, 0.3) is 11.1 Å². The number of aromatic nitrogens is 1. The monoisotopic (exact) mass is 536 g/mol. The van der Waals surface area contributed by atoms with Crippen molar-refractivity contribution in [2.24, 2.45) is 5.73 Å². The van der Waals surface area contributed by atoms with E-state index < -0.39 is 10.0 Å². The topological polar surface area (TPSA) is 131 Å². The summed E-state index contributed by atoms with van der Waals surface area (Å²) in [5, 5.41) is 2.64. The van der Waals surface area contributed by atoms with Gasteiger partial charge in [-0.2, -0.15) is 0 Å². The quantitative estimate of drug-likeness (QED) is 0.333. The maximum atomic E-state index is 12.6. The van der Waals surface area contributed by atoms with Crippen molar-refractivity contribution in [3.05, 3.63) is 84.2 Å². The average molecular weight is 537 g/mol. The standard InChI is InChI=1S/C21H26N2O3S.C8H10N2O/c22-21(24)15-8-16-6-9-17(10-7-16)18-11-13-20(14-12-18)27(25,26)23-19-4-2-1-3-5-19;1-7(10-6-11)8-3-2-4-9-5-8/h6-7,9-14,19,23H,1-5,8,15H2,(H2,22,24);2-7H,1H3,(H,10,11)/t;7-/m.1/s1. The molecule has 0 aliphatic heterocycles. The Morgan fingerprint density at radius 3 is 2.21 bits per heavy atom. The van der Waals surface area contributed by atoms with Crippen molar-refractivity contribution in [3.8, 4) is 11.1 Å². The van der Waals surface area contributed by atoms with Gasteiger partial charge < -0.3 is 11.1 Å². The number of hydrogen-bond donors (Lipinski definition) is 3.